The van der Waals surface area contributed by atoms with Crippen molar-refractivity contribution in [2.75, 3.05) is 0 Å². The largest absolute Gasteiger partial charge is 0.309 e. The van der Waals surface area contributed by atoms with Crippen molar-refractivity contribution in [3.8, 4) is 11.4 Å². The van der Waals surface area contributed by atoms with Gasteiger partial charge in [0.15, 0.2) is 8.07 Å². The molecule has 12 aromatic rings. The van der Waals surface area contributed by atoms with Gasteiger partial charge in [0.25, 0.3) is 0 Å². The Hall–Kier alpha value is -6.98. The average Bonchev–Trinajstić information content (AvgIpc) is 3.95. The van der Waals surface area contributed by atoms with Crippen molar-refractivity contribution in [2.45, 2.75) is 0 Å². The molecule has 0 N–H and O–H groups in total. The van der Waals surface area contributed by atoms with Crippen LogP contribution in [0.2, 0.25) is 0 Å². The van der Waals surface area contributed by atoms with Crippen LogP contribution in [0.15, 0.2) is 218 Å². The zero-order valence-corrected chi connectivity index (χ0v) is 33.4. The van der Waals surface area contributed by atoms with E-state index in [0.29, 0.717) is 0 Å². The molecule has 0 bridgehead atoms. The van der Waals surface area contributed by atoms with Gasteiger partial charge < -0.3 is 9.13 Å². The van der Waals surface area contributed by atoms with Crippen LogP contribution in [0.4, 0.5) is 0 Å². The standard InChI is InChI=1S/C54H36N2SSi/c1-4-17-38(18-5-1)58(39-19-6-2-7-20-39,40-21-8-3-9-22-40)41-32-33-45-53(36-41)57-52-30-16-29-51(54(45)52)56-49-28-15-12-25-44(49)46-35-37(31-34-50(46)56)55-47-26-13-10-23-42(47)43-24-11-14-27-48(43)55/h1-36H. The lowest BCUT2D eigenvalue weighted by Crippen LogP contribution is -2.74. The first kappa shape index (κ1) is 33.2. The maximum absolute atomic E-state index is 2.67. The highest BCUT2D eigenvalue weighted by Crippen LogP contribution is 2.42. The number of fused-ring (bicyclic) bond motifs is 9. The Bertz CT molecular complexity index is 3360. The summed E-state index contributed by atoms with van der Waals surface area (Å²) in [5.41, 5.74) is 7.24. The fourth-order valence-corrected chi connectivity index (χ4v) is 15.9. The monoisotopic (exact) mass is 772 g/mol. The molecule has 0 aliphatic heterocycles. The van der Waals surface area contributed by atoms with Gasteiger partial charge in [-0.15, -0.1) is 11.3 Å². The molecule has 0 unspecified atom stereocenters. The van der Waals surface area contributed by atoms with Crippen LogP contribution in [0.25, 0.3) is 75.2 Å². The molecule has 0 spiro atoms. The molecule has 0 amide bonds. The van der Waals surface area contributed by atoms with Crippen molar-refractivity contribution in [1.29, 1.82) is 0 Å². The van der Waals surface area contributed by atoms with Gasteiger partial charge in [0.05, 0.1) is 27.8 Å². The Morgan fingerprint density at radius 3 is 1.40 bits per heavy atom. The number of nitrogens with zero attached hydrogens (tertiary/aromatic N) is 2. The Balaban J connectivity index is 1.09. The van der Waals surface area contributed by atoms with E-state index in [1.165, 1.54) is 95.9 Å². The van der Waals surface area contributed by atoms with Gasteiger partial charge in [-0.25, -0.2) is 0 Å². The molecule has 2 nitrogen and oxygen atoms in total. The third-order valence-corrected chi connectivity index (χ3v) is 18.2. The lowest BCUT2D eigenvalue weighted by Gasteiger charge is -2.34. The van der Waals surface area contributed by atoms with Crippen molar-refractivity contribution in [3.63, 3.8) is 0 Å². The SMILES string of the molecule is c1ccc([Si](c2ccccc2)(c2ccccc2)c2ccc3c(c2)sc2cccc(-n4c5ccccc5c5cc(-n6c7ccccc7c7ccccc76)ccc54)c23)cc1. The van der Waals surface area contributed by atoms with Crippen LogP contribution < -0.4 is 20.7 Å². The van der Waals surface area contributed by atoms with Crippen LogP contribution in [-0.2, 0) is 0 Å². The van der Waals surface area contributed by atoms with Crippen LogP contribution in [0.1, 0.15) is 0 Å². The number of hydrogen-bond donors (Lipinski definition) is 0. The zero-order chi connectivity index (χ0) is 38.2. The summed E-state index contributed by atoms with van der Waals surface area (Å²) in [6.45, 7) is 0. The molecular weight excluding hydrogens is 737 g/mol. The van der Waals surface area contributed by atoms with E-state index in [-0.39, 0.29) is 0 Å². The van der Waals surface area contributed by atoms with Gasteiger partial charge in [-0.3, -0.25) is 0 Å². The van der Waals surface area contributed by atoms with Gasteiger partial charge in [-0.1, -0.05) is 164 Å². The minimum absolute atomic E-state index is 1.17. The van der Waals surface area contributed by atoms with E-state index in [1.54, 1.807) is 0 Å². The molecule has 3 aromatic heterocycles. The van der Waals surface area contributed by atoms with E-state index < -0.39 is 8.07 Å². The quantitative estimate of drug-likeness (QED) is 0.118. The summed E-state index contributed by atoms with van der Waals surface area (Å²) in [5, 5.41) is 13.2. The second kappa shape index (κ2) is 13.0. The molecule has 0 radical (unpaired) electrons. The van der Waals surface area contributed by atoms with E-state index in [4.69, 9.17) is 0 Å². The van der Waals surface area contributed by atoms with Gasteiger partial charge in [0.2, 0.25) is 0 Å². The predicted molar refractivity (Wildman–Crippen MR) is 252 cm³/mol. The molecule has 3 heterocycles. The number of hydrogen-bond acceptors (Lipinski definition) is 1. The highest BCUT2D eigenvalue weighted by Gasteiger charge is 2.41. The minimum Gasteiger partial charge on any atom is -0.309 e. The number of benzene rings is 9. The lowest BCUT2D eigenvalue weighted by atomic mass is 10.1. The van der Waals surface area contributed by atoms with E-state index in [0.717, 1.165) is 0 Å². The van der Waals surface area contributed by atoms with E-state index in [9.17, 15) is 0 Å². The third kappa shape index (κ3) is 4.76. The summed E-state index contributed by atoms with van der Waals surface area (Å²) in [6.07, 6.45) is 0. The summed E-state index contributed by atoms with van der Waals surface area (Å²) in [6, 6.07) is 81.3. The number of para-hydroxylation sites is 3. The molecule has 0 fully saturated rings. The molecule has 12 rings (SSSR count). The van der Waals surface area contributed by atoms with Crippen molar-refractivity contribution in [2.24, 2.45) is 0 Å². The summed E-state index contributed by atoms with van der Waals surface area (Å²) >= 11 is 1.91. The molecular formula is C54H36N2SSi. The first-order chi connectivity index (χ1) is 28.8. The molecule has 0 saturated carbocycles. The van der Waals surface area contributed by atoms with Crippen molar-refractivity contribution in [1.82, 2.24) is 9.13 Å². The molecule has 0 aliphatic carbocycles. The van der Waals surface area contributed by atoms with Crippen LogP contribution in [0, 0.1) is 0 Å². The van der Waals surface area contributed by atoms with Crippen molar-refractivity contribution in [3.05, 3.63) is 218 Å². The topological polar surface area (TPSA) is 9.86 Å². The molecule has 0 saturated heterocycles. The van der Waals surface area contributed by atoms with Gasteiger partial charge in [-0.05, 0) is 75.3 Å². The molecule has 0 aliphatic rings. The normalized spacial score (nSPS) is 12.1. The summed E-state index contributed by atoms with van der Waals surface area (Å²) in [5.74, 6) is 0. The van der Waals surface area contributed by atoms with E-state index >= 15 is 0 Å². The lowest BCUT2D eigenvalue weighted by molar-refractivity contribution is 1.17. The van der Waals surface area contributed by atoms with Gasteiger partial charge in [0.1, 0.15) is 0 Å². The fraction of sp³-hybridized carbons (Fsp3) is 0. The Morgan fingerprint density at radius 1 is 0.310 bits per heavy atom. The number of rotatable bonds is 6. The Labute approximate surface area is 341 Å². The third-order valence-electron chi connectivity index (χ3n) is 12.3. The molecule has 0 atom stereocenters. The maximum atomic E-state index is 2.52. The van der Waals surface area contributed by atoms with Crippen molar-refractivity contribution < 1.29 is 0 Å². The summed E-state index contributed by atoms with van der Waals surface area (Å²) < 4.78 is 7.53. The molecule has 58 heavy (non-hydrogen) atoms. The van der Waals surface area contributed by atoms with Crippen molar-refractivity contribution >= 4 is 104 Å². The second-order valence-corrected chi connectivity index (χ2v) is 20.1. The Kier molecular flexibility index (Phi) is 7.46. The predicted octanol–water partition coefficient (Wildman–Crippen LogP) is 11.6. The molecule has 9 aromatic carbocycles. The van der Waals surface area contributed by atoms with Crippen LogP contribution >= 0.6 is 11.3 Å². The van der Waals surface area contributed by atoms with E-state index in [2.05, 4.69) is 228 Å². The highest BCUT2D eigenvalue weighted by atomic mass is 32.1. The fourth-order valence-electron chi connectivity index (χ4n) is 9.85. The smallest absolute Gasteiger partial charge is 0.179 e. The number of thiophene rings is 1. The molecule has 4 heteroatoms. The van der Waals surface area contributed by atoms with Crippen LogP contribution in [0.5, 0.6) is 0 Å². The second-order valence-electron chi connectivity index (χ2n) is 15.2. The highest BCUT2D eigenvalue weighted by molar-refractivity contribution is 7.26. The van der Waals surface area contributed by atoms with Crippen LogP contribution in [0.3, 0.4) is 0 Å². The zero-order valence-electron chi connectivity index (χ0n) is 31.6. The average molecular weight is 773 g/mol. The Morgan fingerprint density at radius 2 is 0.810 bits per heavy atom. The summed E-state index contributed by atoms with van der Waals surface area (Å²) in [7, 11) is -2.67. The van der Waals surface area contributed by atoms with E-state index in [1.807, 2.05) is 11.3 Å². The summed E-state index contributed by atoms with van der Waals surface area (Å²) in [4.78, 5) is 0. The van der Waals surface area contributed by atoms with Gasteiger partial charge >= 0.3 is 0 Å². The van der Waals surface area contributed by atoms with Gasteiger partial charge in [-0.2, -0.15) is 0 Å². The number of aromatic nitrogens is 2. The van der Waals surface area contributed by atoms with Gasteiger partial charge in [0, 0.05) is 47.4 Å². The molecule has 272 valence electrons. The maximum Gasteiger partial charge on any atom is 0.179 e. The van der Waals surface area contributed by atoms with Crippen LogP contribution in [-0.4, -0.2) is 17.2 Å². The first-order valence-electron chi connectivity index (χ1n) is 19.9. The minimum atomic E-state index is -2.67. The first-order valence-corrected chi connectivity index (χ1v) is 22.8.